The maximum atomic E-state index is 9.62. The van der Waals surface area contributed by atoms with Crippen molar-refractivity contribution >= 4 is 28.5 Å². The molecule has 1 N–H and O–H groups in total. The fourth-order valence-corrected chi connectivity index (χ4v) is 3.34. The molecule has 5 rings (SSSR count). The van der Waals surface area contributed by atoms with Crippen LogP contribution in [0.2, 0.25) is 5.02 Å². The molecule has 0 fully saturated rings. The average molecular weight is 426 g/mol. The quantitative estimate of drug-likeness (QED) is 0.376. The molecule has 0 aliphatic rings. The fraction of sp³-hybridized carbons (Fsp3) is 0. The summed E-state index contributed by atoms with van der Waals surface area (Å²) in [6.07, 6.45) is 0. The molecule has 31 heavy (non-hydrogen) atoms. The molecule has 2 heterocycles. The third-order valence-corrected chi connectivity index (χ3v) is 5.02. The van der Waals surface area contributed by atoms with E-state index in [9.17, 15) is 5.11 Å². The topological polar surface area (TPSA) is 71.5 Å². The summed E-state index contributed by atoms with van der Waals surface area (Å²) in [6.45, 7) is 0. The molecule has 5 aromatic rings. The first-order valence-corrected chi connectivity index (χ1v) is 10.00. The van der Waals surface area contributed by atoms with Gasteiger partial charge in [0.25, 0.3) is 5.95 Å². The largest absolute Gasteiger partial charge is 0.508 e. The summed E-state index contributed by atoms with van der Waals surface area (Å²) in [6, 6.07) is 27.6. The molecule has 6 heteroatoms. The molecule has 150 valence electrons. The predicted octanol–water partition coefficient (Wildman–Crippen LogP) is 6.15. The number of aromatic nitrogens is 2. The zero-order valence-electron chi connectivity index (χ0n) is 16.2. The standard InChI is InChI=1S/C25H16ClN3O2/c26-19-10-5-16(6-11-19)21-15-22(17-7-12-20(30)13-8-17)28-25(27-21)29-24-14-9-18-3-1-2-4-23(18)31-24/h1-15,30H. The van der Waals surface area contributed by atoms with Gasteiger partial charge in [-0.05, 0) is 54.6 Å². The Bertz CT molecular complexity index is 1380. The summed E-state index contributed by atoms with van der Waals surface area (Å²) in [5.41, 5.74) is 4.25. The second-order valence-electron chi connectivity index (χ2n) is 6.92. The number of para-hydroxylation sites is 1. The molecule has 0 atom stereocenters. The molecule has 0 saturated carbocycles. The van der Waals surface area contributed by atoms with Gasteiger partial charge >= 0.3 is 0 Å². The lowest BCUT2D eigenvalue weighted by atomic mass is 10.1. The summed E-state index contributed by atoms with van der Waals surface area (Å²) in [7, 11) is 0. The van der Waals surface area contributed by atoms with Gasteiger partial charge in [0.05, 0.1) is 11.4 Å². The van der Waals surface area contributed by atoms with Crippen molar-refractivity contribution in [1.82, 2.24) is 9.97 Å². The second kappa shape index (κ2) is 8.05. The maximum absolute atomic E-state index is 9.62. The summed E-state index contributed by atoms with van der Waals surface area (Å²) in [4.78, 5) is 13.8. The summed E-state index contributed by atoms with van der Waals surface area (Å²) in [5, 5.41) is 11.3. The Morgan fingerprint density at radius 2 is 1.39 bits per heavy atom. The molecule has 0 aliphatic carbocycles. The van der Waals surface area contributed by atoms with Gasteiger partial charge in [-0.1, -0.05) is 41.9 Å². The van der Waals surface area contributed by atoms with Gasteiger partial charge in [0.1, 0.15) is 11.3 Å². The van der Waals surface area contributed by atoms with Crippen LogP contribution < -0.4 is 5.55 Å². The van der Waals surface area contributed by atoms with Crippen LogP contribution >= 0.6 is 11.6 Å². The van der Waals surface area contributed by atoms with Gasteiger partial charge in [0, 0.05) is 27.6 Å². The van der Waals surface area contributed by atoms with Crippen LogP contribution in [0, 0.1) is 0 Å². The van der Waals surface area contributed by atoms with E-state index in [0.29, 0.717) is 22.0 Å². The first-order chi connectivity index (χ1) is 15.1. The molecule has 0 bridgehead atoms. The number of benzene rings is 3. The summed E-state index contributed by atoms with van der Waals surface area (Å²) < 4.78 is 5.89. The smallest absolute Gasteiger partial charge is 0.253 e. The molecular weight excluding hydrogens is 410 g/mol. The normalized spacial score (nSPS) is 11.7. The van der Waals surface area contributed by atoms with Gasteiger partial charge in [-0.2, -0.15) is 4.99 Å². The highest BCUT2D eigenvalue weighted by Gasteiger charge is 2.09. The molecule has 0 amide bonds. The zero-order valence-corrected chi connectivity index (χ0v) is 17.0. The Balaban J connectivity index is 1.67. The lowest BCUT2D eigenvalue weighted by Crippen LogP contribution is -2.00. The number of hydrogen-bond acceptors (Lipinski definition) is 5. The van der Waals surface area contributed by atoms with E-state index in [1.807, 2.05) is 60.7 Å². The molecule has 2 aromatic heterocycles. The number of halogens is 1. The molecule has 0 spiro atoms. The number of rotatable bonds is 3. The van der Waals surface area contributed by atoms with E-state index in [-0.39, 0.29) is 11.7 Å². The first-order valence-electron chi connectivity index (χ1n) is 9.62. The number of aromatic hydroxyl groups is 1. The SMILES string of the molecule is Oc1ccc(-c2cc(-c3ccc(Cl)cc3)nc(N=c3ccc4ccccc4o3)n2)cc1. The van der Waals surface area contributed by atoms with Crippen molar-refractivity contribution in [3.8, 4) is 28.3 Å². The number of phenols is 1. The van der Waals surface area contributed by atoms with E-state index in [0.717, 1.165) is 22.1 Å². The number of fused-ring (bicyclic) bond motifs is 1. The fourth-order valence-electron chi connectivity index (χ4n) is 3.21. The van der Waals surface area contributed by atoms with Gasteiger partial charge in [0.15, 0.2) is 0 Å². The van der Waals surface area contributed by atoms with Crippen molar-refractivity contribution in [3.63, 3.8) is 0 Å². The molecule has 0 unspecified atom stereocenters. The van der Waals surface area contributed by atoms with Gasteiger partial charge in [-0.3, -0.25) is 0 Å². The van der Waals surface area contributed by atoms with Gasteiger partial charge in [-0.25, -0.2) is 9.97 Å². The molecule has 5 nitrogen and oxygen atoms in total. The van der Waals surface area contributed by atoms with E-state index in [1.165, 1.54) is 0 Å². The molecule has 0 aliphatic heterocycles. The van der Waals surface area contributed by atoms with Crippen LogP contribution in [0.5, 0.6) is 5.75 Å². The van der Waals surface area contributed by atoms with E-state index in [4.69, 9.17) is 16.0 Å². The van der Waals surface area contributed by atoms with Gasteiger partial charge in [0.2, 0.25) is 5.55 Å². The number of phenolic OH excluding ortho intramolecular Hbond substituents is 1. The molecule has 0 saturated heterocycles. The first kappa shape index (κ1) is 19.0. The van der Waals surface area contributed by atoms with Crippen molar-refractivity contribution in [2.24, 2.45) is 4.99 Å². The lowest BCUT2D eigenvalue weighted by Gasteiger charge is -2.07. The van der Waals surface area contributed by atoms with E-state index < -0.39 is 0 Å². The Morgan fingerprint density at radius 1 is 0.742 bits per heavy atom. The third kappa shape index (κ3) is 4.17. The Hall–Kier alpha value is -3.96. The minimum Gasteiger partial charge on any atom is -0.508 e. The van der Waals surface area contributed by atoms with Gasteiger partial charge < -0.3 is 9.52 Å². The second-order valence-corrected chi connectivity index (χ2v) is 7.35. The number of hydrogen-bond donors (Lipinski definition) is 1. The maximum Gasteiger partial charge on any atom is 0.253 e. The van der Waals surface area contributed by atoms with Crippen LogP contribution in [0.3, 0.4) is 0 Å². The highest BCUT2D eigenvalue weighted by atomic mass is 35.5. The highest BCUT2D eigenvalue weighted by Crippen LogP contribution is 2.27. The summed E-state index contributed by atoms with van der Waals surface area (Å²) >= 11 is 6.04. The van der Waals surface area contributed by atoms with Crippen LogP contribution in [0.15, 0.2) is 100 Å². The van der Waals surface area contributed by atoms with Crippen molar-refractivity contribution in [3.05, 3.63) is 102 Å². The minimum atomic E-state index is 0.190. The van der Waals surface area contributed by atoms with Crippen LogP contribution in [-0.2, 0) is 0 Å². The Labute approximate surface area is 183 Å². The summed E-state index contributed by atoms with van der Waals surface area (Å²) in [5.74, 6) is 0.463. The monoisotopic (exact) mass is 425 g/mol. The molecule has 0 radical (unpaired) electrons. The van der Waals surface area contributed by atoms with E-state index >= 15 is 0 Å². The Kier molecular flexibility index (Phi) is 4.94. The van der Waals surface area contributed by atoms with E-state index in [1.54, 1.807) is 30.3 Å². The van der Waals surface area contributed by atoms with Crippen LogP contribution in [0.1, 0.15) is 0 Å². The zero-order chi connectivity index (χ0) is 21.2. The number of nitrogens with zero attached hydrogens (tertiary/aromatic N) is 3. The molecule has 3 aromatic carbocycles. The van der Waals surface area contributed by atoms with Crippen LogP contribution in [0.4, 0.5) is 5.95 Å². The van der Waals surface area contributed by atoms with Crippen molar-refractivity contribution in [2.45, 2.75) is 0 Å². The van der Waals surface area contributed by atoms with E-state index in [2.05, 4.69) is 15.0 Å². The van der Waals surface area contributed by atoms with Crippen LogP contribution in [-0.4, -0.2) is 15.1 Å². The highest BCUT2D eigenvalue weighted by molar-refractivity contribution is 6.30. The Morgan fingerprint density at radius 3 is 2.10 bits per heavy atom. The van der Waals surface area contributed by atoms with Gasteiger partial charge in [-0.15, -0.1) is 0 Å². The van der Waals surface area contributed by atoms with Crippen LogP contribution in [0.25, 0.3) is 33.5 Å². The third-order valence-electron chi connectivity index (χ3n) is 4.77. The van der Waals surface area contributed by atoms with Crippen molar-refractivity contribution in [2.75, 3.05) is 0 Å². The average Bonchev–Trinajstić information content (AvgIpc) is 2.80. The van der Waals surface area contributed by atoms with Crippen molar-refractivity contribution in [1.29, 1.82) is 0 Å². The molecular formula is C25H16ClN3O2. The lowest BCUT2D eigenvalue weighted by molar-refractivity contribution is 0.475. The van der Waals surface area contributed by atoms with Crippen molar-refractivity contribution < 1.29 is 9.52 Å². The predicted molar refractivity (Wildman–Crippen MR) is 121 cm³/mol. The minimum absolute atomic E-state index is 0.190.